The number of nitrogens with one attached hydrogen (secondary N) is 3. The Labute approximate surface area is 179 Å². The van der Waals surface area contributed by atoms with Gasteiger partial charge in [0.15, 0.2) is 11.6 Å². The fourth-order valence-electron chi connectivity index (χ4n) is 2.92. The van der Waals surface area contributed by atoms with Gasteiger partial charge in [-0.3, -0.25) is 9.59 Å². The molecule has 2 aromatic rings. The first-order valence-corrected chi connectivity index (χ1v) is 9.81. The van der Waals surface area contributed by atoms with E-state index < -0.39 is 29.0 Å². The maximum atomic E-state index is 14.4. The second-order valence-electron chi connectivity index (χ2n) is 6.54. The summed E-state index contributed by atoms with van der Waals surface area (Å²) in [6, 6.07) is 6.00. The lowest BCUT2D eigenvalue weighted by Gasteiger charge is -2.39. The molecule has 0 spiro atoms. The molecule has 0 atom stereocenters. The molecular weight excluding hydrogens is 500 g/mol. The summed E-state index contributed by atoms with van der Waals surface area (Å²) in [6.45, 7) is 0.637. The largest absolute Gasteiger partial charge is 0.350 e. The van der Waals surface area contributed by atoms with Crippen LogP contribution in [0.25, 0.3) is 0 Å². The molecule has 10 heteroatoms. The molecule has 154 valence electrons. The fourth-order valence-corrected chi connectivity index (χ4v) is 3.38. The predicted molar refractivity (Wildman–Crippen MR) is 111 cm³/mol. The Bertz CT molecular complexity index is 951. The molecule has 1 aliphatic heterocycles. The zero-order chi connectivity index (χ0) is 21.1. The van der Waals surface area contributed by atoms with E-state index in [-0.39, 0.29) is 42.8 Å². The van der Waals surface area contributed by atoms with Crippen molar-refractivity contribution in [3.05, 3.63) is 56.9 Å². The molecule has 2 amide bonds. The van der Waals surface area contributed by atoms with Crippen LogP contribution in [0.1, 0.15) is 10.4 Å². The Hall–Kier alpha value is -2.34. The number of nitrogens with zero attached hydrogens (tertiary/aromatic N) is 1. The molecule has 0 saturated carbocycles. The number of carbonyl (C=O) groups excluding carboxylic acids is 2. The highest BCUT2D eigenvalue weighted by molar-refractivity contribution is 14.1. The number of likely N-dealkylation sites (N-methyl/N-ethyl adjacent to an activating group) is 1. The van der Waals surface area contributed by atoms with E-state index >= 15 is 0 Å². The van der Waals surface area contributed by atoms with Gasteiger partial charge < -0.3 is 20.9 Å². The molecule has 1 fully saturated rings. The van der Waals surface area contributed by atoms with E-state index in [0.29, 0.717) is 3.57 Å². The quantitative estimate of drug-likeness (QED) is 0.515. The monoisotopic (exact) mass is 518 g/mol. The van der Waals surface area contributed by atoms with Gasteiger partial charge in [-0.25, -0.2) is 13.2 Å². The lowest BCUT2D eigenvalue weighted by atomic mass is 10.0. The molecule has 1 saturated heterocycles. The minimum absolute atomic E-state index is 0.0789. The van der Waals surface area contributed by atoms with Crippen molar-refractivity contribution < 1.29 is 22.8 Å². The number of rotatable bonds is 6. The fraction of sp³-hybridized carbons (Fsp3) is 0.263. The van der Waals surface area contributed by atoms with Crippen LogP contribution in [0.5, 0.6) is 0 Å². The number of hydrogen-bond acceptors (Lipinski definition) is 4. The van der Waals surface area contributed by atoms with E-state index in [4.69, 9.17) is 0 Å². The first-order valence-electron chi connectivity index (χ1n) is 8.73. The van der Waals surface area contributed by atoms with Gasteiger partial charge in [0.2, 0.25) is 5.91 Å². The van der Waals surface area contributed by atoms with Crippen LogP contribution in [0.3, 0.4) is 0 Å². The van der Waals surface area contributed by atoms with Gasteiger partial charge in [0.1, 0.15) is 5.82 Å². The molecule has 6 nitrogen and oxygen atoms in total. The minimum Gasteiger partial charge on any atom is -0.350 e. The van der Waals surface area contributed by atoms with Crippen LogP contribution in [-0.2, 0) is 4.79 Å². The number of anilines is 2. The number of carbonyl (C=O) groups is 2. The summed E-state index contributed by atoms with van der Waals surface area (Å²) in [6.07, 6.45) is 0. The summed E-state index contributed by atoms with van der Waals surface area (Å²) < 4.78 is 43.0. The summed E-state index contributed by atoms with van der Waals surface area (Å²) >= 11 is 1.92. The molecule has 3 N–H and O–H groups in total. The standard InChI is InChI=1S/C19H18F3IN4O2/c1-24-7-16(28)25-11-8-27(9-11)19(29)12-3-4-13(20)17(22)18(12)26-15-5-2-10(23)6-14(15)21/h2-6,11,24,26H,7-9H2,1H3,(H,25,28). The number of likely N-dealkylation sites (tertiary alicyclic amines) is 1. The zero-order valence-corrected chi connectivity index (χ0v) is 17.5. The Morgan fingerprint density at radius 1 is 1.14 bits per heavy atom. The third-order valence-corrected chi connectivity index (χ3v) is 5.06. The first-order chi connectivity index (χ1) is 13.8. The van der Waals surface area contributed by atoms with Crippen LogP contribution < -0.4 is 16.0 Å². The first kappa shape index (κ1) is 21.4. The SMILES string of the molecule is CNCC(=O)NC1CN(C(=O)c2ccc(F)c(F)c2Nc2ccc(I)cc2F)C1. The van der Waals surface area contributed by atoms with Crippen LogP contribution >= 0.6 is 22.6 Å². The van der Waals surface area contributed by atoms with Gasteiger partial charge in [-0.2, -0.15) is 0 Å². The highest BCUT2D eigenvalue weighted by atomic mass is 127. The normalized spacial score (nSPS) is 13.8. The lowest BCUT2D eigenvalue weighted by molar-refractivity contribution is -0.121. The summed E-state index contributed by atoms with van der Waals surface area (Å²) in [5.74, 6) is -3.83. The number of amides is 2. The number of halogens is 4. The third-order valence-electron chi connectivity index (χ3n) is 4.39. The molecule has 0 aromatic heterocycles. The zero-order valence-electron chi connectivity index (χ0n) is 15.4. The Kier molecular flexibility index (Phi) is 6.63. The molecule has 0 aliphatic carbocycles. The molecular formula is C19H18F3IN4O2. The molecule has 0 unspecified atom stereocenters. The average molecular weight is 518 g/mol. The van der Waals surface area contributed by atoms with E-state index in [0.717, 1.165) is 12.1 Å². The van der Waals surface area contributed by atoms with Gasteiger partial charge >= 0.3 is 0 Å². The van der Waals surface area contributed by atoms with Gasteiger partial charge in [0, 0.05) is 16.7 Å². The van der Waals surface area contributed by atoms with E-state index in [1.807, 2.05) is 22.6 Å². The summed E-state index contributed by atoms with van der Waals surface area (Å²) in [5.41, 5.74) is -0.635. The van der Waals surface area contributed by atoms with Crippen LogP contribution in [0.4, 0.5) is 24.5 Å². The Morgan fingerprint density at radius 2 is 1.86 bits per heavy atom. The summed E-state index contributed by atoms with van der Waals surface area (Å²) in [4.78, 5) is 25.7. The van der Waals surface area contributed by atoms with E-state index in [9.17, 15) is 22.8 Å². The van der Waals surface area contributed by atoms with Crippen LogP contribution in [-0.4, -0.2) is 49.4 Å². The minimum atomic E-state index is -1.27. The van der Waals surface area contributed by atoms with Crippen molar-refractivity contribution in [3.63, 3.8) is 0 Å². The highest BCUT2D eigenvalue weighted by Crippen LogP contribution is 2.30. The van der Waals surface area contributed by atoms with E-state index in [1.165, 1.54) is 17.0 Å². The molecule has 1 heterocycles. The van der Waals surface area contributed by atoms with Crippen molar-refractivity contribution in [2.75, 3.05) is 32.0 Å². The average Bonchev–Trinajstić information content (AvgIpc) is 2.63. The van der Waals surface area contributed by atoms with Gasteiger partial charge in [-0.05, 0) is 60.0 Å². The Balaban J connectivity index is 1.79. The van der Waals surface area contributed by atoms with Crippen molar-refractivity contribution in [3.8, 4) is 0 Å². The Morgan fingerprint density at radius 3 is 2.52 bits per heavy atom. The number of benzene rings is 2. The van der Waals surface area contributed by atoms with Gasteiger partial charge in [0.05, 0.1) is 29.5 Å². The van der Waals surface area contributed by atoms with Crippen LogP contribution in [0, 0.1) is 21.0 Å². The molecule has 2 aromatic carbocycles. The molecule has 0 bridgehead atoms. The van der Waals surface area contributed by atoms with Gasteiger partial charge in [-0.15, -0.1) is 0 Å². The van der Waals surface area contributed by atoms with Crippen molar-refractivity contribution in [2.45, 2.75) is 6.04 Å². The van der Waals surface area contributed by atoms with Crippen molar-refractivity contribution in [1.82, 2.24) is 15.5 Å². The topological polar surface area (TPSA) is 73.5 Å². The van der Waals surface area contributed by atoms with Crippen LogP contribution in [0.15, 0.2) is 30.3 Å². The molecule has 3 rings (SSSR count). The second-order valence-corrected chi connectivity index (χ2v) is 7.78. The van der Waals surface area contributed by atoms with Crippen molar-refractivity contribution in [1.29, 1.82) is 0 Å². The molecule has 1 aliphatic rings. The third kappa shape index (κ3) is 4.81. The summed E-state index contributed by atoms with van der Waals surface area (Å²) in [5, 5.41) is 7.97. The van der Waals surface area contributed by atoms with Crippen LogP contribution in [0.2, 0.25) is 0 Å². The van der Waals surface area contributed by atoms with Crippen molar-refractivity contribution in [2.24, 2.45) is 0 Å². The molecule has 0 radical (unpaired) electrons. The van der Waals surface area contributed by atoms with Crippen molar-refractivity contribution >= 4 is 45.8 Å². The predicted octanol–water partition coefficient (Wildman–Crippen LogP) is 2.61. The van der Waals surface area contributed by atoms with Gasteiger partial charge in [-0.1, -0.05) is 0 Å². The summed E-state index contributed by atoms with van der Waals surface area (Å²) in [7, 11) is 1.64. The maximum absolute atomic E-state index is 14.4. The number of hydrogen-bond donors (Lipinski definition) is 3. The van der Waals surface area contributed by atoms with E-state index in [2.05, 4.69) is 16.0 Å². The van der Waals surface area contributed by atoms with E-state index in [1.54, 1.807) is 13.1 Å². The lowest BCUT2D eigenvalue weighted by Crippen LogP contribution is -2.61. The highest BCUT2D eigenvalue weighted by Gasteiger charge is 2.34. The van der Waals surface area contributed by atoms with Gasteiger partial charge in [0.25, 0.3) is 5.91 Å². The smallest absolute Gasteiger partial charge is 0.256 e. The molecule has 29 heavy (non-hydrogen) atoms. The second kappa shape index (κ2) is 8.99. The maximum Gasteiger partial charge on any atom is 0.256 e.